The SMILES string of the molecule is Cc1nn(C)c(C)c1CCNC(=O)[C@H]1CC(c2ccc(Cl)cc2Cl)=NO1. The van der Waals surface area contributed by atoms with Gasteiger partial charge in [-0.05, 0) is 38.0 Å². The van der Waals surface area contributed by atoms with E-state index in [1.165, 1.54) is 0 Å². The van der Waals surface area contributed by atoms with Crippen LogP contribution in [-0.4, -0.2) is 34.0 Å². The number of amides is 1. The minimum absolute atomic E-state index is 0.187. The van der Waals surface area contributed by atoms with Gasteiger partial charge < -0.3 is 10.2 Å². The molecule has 2 aromatic rings. The standard InChI is InChI=1S/C18H20Cl2N4O2/c1-10-13(11(2)24(3)22-10)6-7-21-18(25)17-9-16(23-26-17)14-5-4-12(19)8-15(14)20/h4-5,8,17H,6-7,9H2,1-3H3,(H,21,25)/t17-/m1/s1. The largest absolute Gasteiger partial charge is 0.382 e. The molecular formula is C18H20Cl2N4O2. The van der Waals surface area contributed by atoms with Gasteiger partial charge in [-0.3, -0.25) is 9.48 Å². The third-order valence-corrected chi connectivity index (χ3v) is 5.08. The highest BCUT2D eigenvalue weighted by atomic mass is 35.5. The molecule has 0 spiro atoms. The molecule has 1 aliphatic rings. The molecule has 0 saturated heterocycles. The van der Waals surface area contributed by atoms with E-state index in [1.807, 2.05) is 25.6 Å². The fraction of sp³-hybridized carbons (Fsp3) is 0.389. The van der Waals surface area contributed by atoms with E-state index in [4.69, 9.17) is 28.0 Å². The highest BCUT2D eigenvalue weighted by Crippen LogP contribution is 2.26. The fourth-order valence-corrected chi connectivity index (χ4v) is 3.52. The van der Waals surface area contributed by atoms with Crippen LogP contribution in [0.3, 0.4) is 0 Å². The Morgan fingerprint density at radius 1 is 1.38 bits per heavy atom. The number of carbonyl (C=O) groups is 1. The van der Waals surface area contributed by atoms with Crippen molar-refractivity contribution in [3.05, 3.63) is 50.8 Å². The van der Waals surface area contributed by atoms with Crippen LogP contribution in [0.2, 0.25) is 10.0 Å². The van der Waals surface area contributed by atoms with E-state index >= 15 is 0 Å². The summed E-state index contributed by atoms with van der Waals surface area (Å²) in [6.07, 6.45) is 0.451. The second-order valence-electron chi connectivity index (χ2n) is 6.27. The summed E-state index contributed by atoms with van der Waals surface area (Å²) < 4.78 is 1.85. The van der Waals surface area contributed by atoms with Gasteiger partial charge in [0, 0.05) is 36.3 Å². The maximum atomic E-state index is 12.3. The summed E-state index contributed by atoms with van der Waals surface area (Å²) in [5.41, 5.74) is 4.62. The van der Waals surface area contributed by atoms with Crippen molar-refractivity contribution in [3.8, 4) is 0 Å². The highest BCUT2D eigenvalue weighted by Gasteiger charge is 2.29. The van der Waals surface area contributed by atoms with Crippen LogP contribution in [0.4, 0.5) is 0 Å². The van der Waals surface area contributed by atoms with Crippen molar-refractivity contribution < 1.29 is 9.63 Å². The Labute approximate surface area is 162 Å². The van der Waals surface area contributed by atoms with Gasteiger partial charge in [0.15, 0.2) is 0 Å². The number of halogens is 2. The van der Waals surface area contributed by atoms with Crippen LogP contribution in [0.15, 0.2) is 23.4 Å². The Hall–Kier alpha value is -2.05. The number of oxime groups is 1. The number of nitrogens with zero attached hydrogens (tertiary/aromatic N) is 3. The molecule has 26 heavy (non-hydrogen) atoms. The number of aryl methyl sites for hydroxylation is 2. The quantitative estimate of drug-likeness (QED) is 0.846. The summed E-state index contributed by atoms with van der Waals surface area (Å²) in [6.45, 7) is 4.51. The minimum Gasteiger partial charge on any atom is -0.382 e. The van der Waals surface area contributed by atoms with Crippen LogP contribution in [0.25, 0.3) is 0 Å². The predicted molar refractivity (Wildman–Crippen MR) is 102 cm³/mol. The number of rotatable bonds is 5. The number of hydrogen-bond acceptors (Lipinski definition) is 4. The molecule has 6 nitrogen and oxygen atoms in total. The van der Waals surface area contributed by atoms with Gasteiger partial charge in [-0.1, -0.05) is 34.4 Å². The van der Waals surface area contributed by atoms with E-state index in [9.17, 15) is 4.79 Å². The van der Waals surface area contributed by atoms with Gasteiger partial charge in [-0.2, -0.15) is 5.10 Å². The summed E-state index contributed by atoms with van der Waals surface area (Å²) in [5.74, 6) is -0.187. The van der Waals surface area contributed by atoms with Crippen molar-refractivity contribution in [3.63, 3.8) is 0 Å². The van der Waals surface area contributed by atoms with E-state index in [2.05, 4.69) is 15.6 Å². The number of aromatic nitrogens is 2. The Kier molecular flexibility index (Phi) is 5.53. The Morgan fingerprint density at radius 3 is 2.81 bits per heavy atom. The minimum atomic E-state index is -0.646. The van der Waals surface area contributed by atoms with Gasteiger partial charge in [0.05, 0.1) is 16.4 Å². The summed E-state index contributed by atoms with van der Waals surface area (Å²) in [6, 6.07) is 5.16. The molecule has 0 fully saturated rings. The van der Waals surface area contributed by atoms with Gasteiger partial charge in [-0.15, -0.1) is 0 Å². The lowest BCUT2D eigenvalue weighted by atomic mass is 10.0. The van der Waals surface area contributed by atoms with Crippen LogP contribution in [-0.2, 0) is 23.1 Å². The Bertz CT molecular complexity index is 876. The van der Waals surface area contributed by atoms with E-state index in [-0.39, 0.29) is 5.91 Å². The van der Waals surface area contributed by atoms with E-state index in [0.717, 1.165) is 28.9 Å². The van der Waals surface area contributed by atoms with Crippen LogP contribution < -0.4 is 5.32 Å². The van der Waals surface area contributed by atoms with Crippen molar-refractivity contribution in [2.45, 2.75) is 32.8 Å². The van der Waals surface area contributed by atoms with Crippen LogP contribution in [0, 0.1) is 13.8 Å². The van der Waals surface area contributed by atoms with Gasteiger partial charge in [0.1, 0.15) is 0 Å². The molecule has 1 aromatic carbocycles. The highest BCUT2D eigenvalue weighted by molar-refractivity contribution is 6.37. The molecule has 0 aliphatic carbocycles. The van der Waals surface area contributed by atoms with E-state index in [0.29, 0.717) is 28.7 Å². The maximum absolute atomic E-state index is 12.3. The number of benzene rings is 1. The molecule has 1 N–H and O–H groups in total. The molecule has 0 saturated carbocycles. The third-order valence-electron chi connectivity index (χ3n) is 4.54. The first-order chi connectivity index (χ1) is 12.4. The lowest BCUT2D eigenvalue weighted by Gasteiger charge is -2.10. The fourth-order valence-electron chi connectivity index (χ4n) is 3.00. The smallest absolute Gasteiger partial charge is 0.264 e. The first-order valence-electron chi connectivity index (χ1n) is 8.31. The Morgan fingerprint density at radius 2 is 2.15 bits per heavy atom. The predicted octanol–water partition coefficient (Wildman–Crippen LogP) is 3.20. The summed E-state index contributed by atoms with van der Waals surface area (Å²) in [4.78, 5) is 17.6. The van der Waals surface area contributed by atoms with Gasteiger partial charge in [0.2, 0.25) is 6.10 Å². The van der Waals surface area contributed by atoms with Gasteiger partial charge in [0.25, 0.3) is 5.91 Å². The van der Waals surface area contributed by atoms with Crippen molar-refractivity contribution in [2.75, 3.05) is 6.54 Å². The lowest BCUT2D eigenvalue weighted by molar-refractivity contribution is -0.131. The summed E-state index contributed by atoms with van der Waals surface area (Å²) in [7, 11) is 1.91. The van der Waals surface area contributed by atoms with Crippen LogP contribution in [0.1, 0.15) is 28.9 Å². The molecule has 0 radical (unpaired) electrons. The average Bonchev–Trinajstić information content (AvgIpc) is 3.15. The topological polar surface area (TPSA) is 68.5 Å². The molecule has 8 heteroatoms. The molecule has 0 unspecified atom stereocenters. The average molecular weight is 395 g/mol. The molecule has 1 atom stereocenters. The third kappa shape index (κ3) is 3.86. The van der Waals surface area contributed by atoms with E-state index < -0.39 is 6.10 Å². The molecule has 2 heterocycles. The van der Waals surface area contributed by atoms with Crippen molar-refractivity contribution in [1.29, 1.82) is 0 Å². The second-order valence-corrected chi connectivity index (χ2v) is 7.12. The van der Waals surface area contributed by atoms with Gasteiger partial charge in [-0.25, -0.2) is 0 Å². The maximum Gasteiger partial charge on any atom is 0.264 e. The number of nitrogens with one attached hydrogen (secondary N) is 1. The van der Waals surface area contributed by atoms with Crippen molar-refractivity contribution in [2.24, 2.45) is 12.2 Å². The molecule has 138 valence electrons. The molecule has 1 aliphatic heterocycles. The Balaban J connectivity index is 1.54. The number of hydrogen-bond donors (Lipinski definition) is 1. The summed E-state index contributed by atoms with van der Waals surface area (Å²) >= 11 is 12.1. The molecule has 0 bridgehead atoms. The lowest BCUT2D eigenvalue weighted by Crippen LogP contribution is -2.36. The van der Waals surface area contributed by atoms with Crippen molar-refractivity contribution >= 4 is 34.8 Å². The monoisotopic (exact) mass is 394 g/mol. The van der Waals surface area contributed by atoms with E-state index in [1.54, 1.807) is 18.2 Å². The normalized spacial score (nSPS) is 16.3. The second kappa shape index (κ2) is 7.68. The molecule has 3 rings (SSSR count). The summed E-state index contributed by atoms with van der Waals surface area (Å²) in [5, 5.41) is 12.3. The first kappa shape index (κ1) is 18.7. The molecule has 1 amide bonds. The number of carbonyl (C=O) groups excluding carboxylic acids is 1. The van der Waals surface area contributed by atoms with Gasteiger partial charge >= 0.3 is 0 Å². The molecular weight excluding hydrogens is 375 g/mol. The first-order valence-corrected chi connectivity index (χ1v) is 9.07. The molecule has 1 aromatic heterocycles. The van der Waals surface area contributed by atoms with Crippen molar-refractivity contribution in [1.82, 2.24) is 15.1 Å². The van der Waals surface area contributed by atoms with Crippen LogP contribution >= 0.6 is 23.2 Å². The van der Waals surface area contributed by atoms with Crippen LogP contribution in [0.5, 0.6) is 0 Å². The zero-order valence-electron chi connectivity index (χ0n) is 14.8. The zero-order valence-corrected chi connectivity index (χ0v) is 16.4. The zero-order chi connectivity index (χ0) is 18.8.